The van der Waals surface area contributed by atoms with Gasteiger partial charge in [-0.25, -0.2) is 37.1 Å². The summed E-state index contributed by atoms with van der Waals surface area (Å²) < 4.78 is 76.2. The number of rotatable bonds is 8. The van der Waals surface area contributed by atoms with Gasteiger partial charge in [-0.3, -0.25) is 4.79 Å². The van der Waals surface area contributed by atoms with E-state index in [1.165, 1.54) is 12.1 Å². The number of carbonyl (C=O) groups is 3. The predicted molar refractivity (Wildman–Crippen MR) is 234 cm³/mol. The Morgan fingerprint density at radius 2 is 1.15 bits per heavy atom. The molecular formula is C49H22F4N6O6S2. The molecule has 0 bridgehead atoms. The van der Waals surface area contributed by atoms with E-state index in [1.807, 2.05) is 0 Å². The Kier molecular flexibility index (Phi) is 11.2. The molecule has 0 fully saturated rings. The highest BCUT2D eigenvalue weighted by Gasteiger charge is 2.59. The van der Waals surface area contributed by atoms with E-state index in [0.29, 0.717) is 23.3 Å². The van der Waals surface area contributed by atoms with E-state index in [9.17, 15) is 53.0 Å². The van der Waals surface area contributed by atoms with E-state index >= 15 is 0 Å². The van der Waals surface area contributed by atoms with E-state index in [-0.39, 0.29) is 89.8 Å². The number of aliphatic imine (C=N–C) groups is 2. The van der Waals surface area contributed by atoms with Crippen LogP contribution in [-0.2, 0) is 44.3 Å². The van der Waals surface area contributed by atoms with Gasteiger partial charge in [0.05, 0.1) is 15.5 Å². The second-order valence-corrected chi connectivity index (χ2v) is 16.8. The molecule has 2 aromatic heterocycles. The van der Waals surface area contributed by atoms with Crippen LogP contribution in [0, 0.1) is 68.6 Å². The number of ether oxygens (including phenoxy) is 3. The van der Waals surface area contributed by atoms with Gasteiger partial charge in [0.2, 0.25) is 5.78 Å². The summed E-state index contributed by atoms with van der Waals surface area (Å²) in [6, 6.07) is 29.6. The molecular weight excluding hydrogens is 909 g/mol. The fraction of sp³-hybridized carbons (Fsp3) is 0.0816. The molecule has 4 aromatic carbocycles. The normalized spacial score (nSPS) is 15.0. The summed E-state index contributed by atoms with van der Waals surface area (Å²) in [6.45, 7) is -0.673. The van der Waals surface area contributed by atoms with Gasteiger partial charge in [-0.05, 0) is 52.6 Å². The number of nitrogens with zero attached hydrogens (tertiary/aromatic N) is 6. The lowest BCUT2D eigenvalue weighted by molar-refractivity contribution is -0.183. The Morgan fingerprint density at radius 3 is 1.73 bits per heavy atom. The van der Waals surface area contributed by atoms with Gasteiger partial charge in [0, 0.05) is 40.3 Å². The van der Waals surface area contributed by atoms with Gasteiger partial charge < -0.3 is 14.2 Å². The van der Waals surface area contributed by atoms with Crippen LogP contribution in [0.5, 0.6) is 5.75 Å². The van der Waals surface area contributed by atoms with Crippen LogP contribution >= 0.6 is 22.7 Å². The molecule has 3 heterocycles. The standard InChI is InChI=1S/C49H22F4N6O6S2/c50-33-11-26-12-37(41(27(18-54)19-55)29(26)13-34(33)51)58-40-17-38-46(67-40)45-32(16-39(66-45)59-43-42(28(20-56)21-57)30-14-35(52)36(53)15-31(30)44(43)60)49(65-38,47(61)63-22-24-7-3-1-4-8-24)48(62)64-23-25-9-5-2-6-10-25/h1-11,13-17H,12,22-23H2/b58-37+,59-43-. The summed E-state index contributed by atoms with van der Waals surface area (Å²) >= 11 is 1.77. The zero-order chi connectivity index (χ0) is 47.1. The minimum atomic E-state index is -2.76. The Morgan fingerprint density at radius 1 is 0.642 bits per heavy atom. The van der Waals surface area contributed by atoms with E-state index in [4.69, 9.17) is 19.2 Å². The summed E-state index contributed by atoms with van der Waals surface area (Å²) in [4.78, 5) is 53.0. The highest BCUT2D eigenvalue weighted by Crippen LogP contribution is 2.57. The average Bonchev–Trinajstić information content (AvgIpc) is 4.09. The molecule has 0 radical (unpaired) electrons. The molecule has 0 amide bonds. The lowest BCUT2D eigenvalue weighted by Gasteiger charge is -2.33. The van der Waals surface area contributed by atoms with Gasteiger partial charge in [0.15, 0.2) is 23.3 Å². The predicted octanol–water partition coefficient (Wildman–Crippen LogP) is 10.0. The molecule has 0 atom stereocenters. The van der Waals surface area contributed by atoms with Gasteiger partial charge in [0.25, 0.3) is 0 Å². The summed E-state index contributed by atoms with van der Waals surface area (Å²) in [5, 5.41) is 39.5. The van der Waals surface area contributed by atoms with E-state index in [1.54, 1.807) is 84.9 Å². The number of esters is 2. The summed E-state index contributed by atoms with van der Waals surface area (Å²) in [7, 11) is 0. The van der Waals surface area contributed by atoms with Crippen LogP contribution in [-0.4, -0.2) is 29.1 Å². The van der Waals surface area contributed by atoms with Crippen molar-refractivity contribution in [3.63, 3.8) is 0 Å². The molecule has 18 heteroatoms. The topological polar surface area (TPSA) is 199 Å². The van der Waals surface area contributed by atoms with Crippen molar-refractivity contribution < 1.29 is 46.2 Å². The smallest absolute Gasteiger partial charge is 0.367 e. The molecule has 0 spiro atoms. The number of Topliss-reactive ketones (excluding diaryl/α,β-unsaturated/α-hetero) is 1. The first-order valence-electron chi connectivity index (χ1n) is 19.6. The molecule has 0 unspecified atom stereocenters. The first kappa shape index (κ1) is 43.4. The number of hydrogen-bond acceptors (Lipinski definition) is 14. The maximum Gasteiger partial charge on any atom is 0.367 e. The summed E-state index contributed by atoms with van der Waals surface area (Å²) in [6.07, 6.45) is -0.126. The number of halogens is 4. The van der Waals surface area contributed by atoms with Crippen molar-refractivity contribution in [2.45, 2.75) is 25.2 Å². The molecule has 0 saturated carbocycles. The number of carbonyl (C=O) groups excluding carboxylic acids is 3. The van der Waals surface area contributed by atoms with Crippen molar-refractivity contribution in [3.05, 3.63) is 170 Å². The van der Waals surface area contributed by atoms with Gasteiger partial charge in [-0.1, -0.05) is 60.7 Å². The largest absolute Gasteiger partial charge is 0.458 e. The Labute approximate surface area is 384 Å². The summed E-state index contributed by atoms with van der Waals surface area (Å²) in [5.74, 6) is -8.65. The third-order valence-electron chi connectivity index (χ3n) is 10.8. The molecule has 67 heavy (non-hydrogen) atoms. The van der Waals surface area contributed by atoms with Crippen LogP contribution < -0.4 is 4.74 Å². The van der Waals surface area contributed by atoms with Crippen LogP contribution in [0.15, 0.2) is 118 Å². The Hall–Kier alpha value is -8.81. The monoisotopic (exact) mass is 930 g/mol. The number of fused-ring (bicyclic) bond motifs is 5. The molecule has 12 nitrogen and oxygen atoms in total. The first-order chi connectivity index (χ1) is 32.4. The highest BCUT2D eigenvalue weighted by molar-refractivity contribution is 7.26. The fourth-order valence-electron chi connectivity index (χ4n) is 7.72. The van der Waals surface area contributed by atoms with Crippen LogP contribution in [0.1, 0.15) is 43.7 Å². The van der Waals surface area contributed by atoms with Gasteiger partial charge >= 0.3 is 17.5 Å². The van der Waals surface area contributed by atoms with E-state index in [0.717, 1.165) is 34.8 Å². The molecule has 1 aliphatic heterocycles. The SMILES string of the molecule is N#CC(C#N)=C1/C(=N/c2cc3c(s2)-c2sc(/N=C4\C(=O)c5cc(F)c(F)cc5C4=C(C#N)C#N)cc2C(C(=O)OCc2ccccc2)(C(=O)OCc2ccccc2)O3)Cc2cc(F)c(F)cc21. The van der Waals surface area contributed by atoms with Gasteiger partial charge in [-0.15, -0.1) is 22.7 Å². The van der Waals surface area contributed by atoms with Crippen molar-refractivity contribution in [3.8, 4) is 39.8 Å². The van der Waals surface area contributed by atoms with Crippen LogP contribution in [0.25, 0.3) is 20.9 Å². The lowest BCUT2D eigenvalue weighted by Crippen LogP contribution is -2.51. The van der Waals surface area contributed by atoms with Crippen molar-refractivity contribution >= 4 is 73.0 Å². The maximum absolute atomic E-state index is 14.8. The lowest BCUT2D eigenvalue weighted by atomic mass is 9.91. The molecule has 9 rings (SSSR count). The maximum atomic E-state index is 14.8. The van der Waals surface area contributed by atoms with E-state index in [2.05, 4.69) is 4.99 Å². The highest BCUT2D eigenvalue weighted by atomic mass is 32.1. The van der Waals surface area contributed by atoms with Crippen molar-refractivity contribution in [1.82, 2.24) is 0 Å². The second kappa shape index (κ2) is 17.3. The van der Waals surface area contributed by atoms with Crippen molar-refractivity contribution in [2.24, 2.45) is 9.98 Å². The number of thiophene rings is 2. The van der Waals surface area contributed by atoms with Gasteiger partial charge in [-0.2, -0.15) is 21.0 Å². The second-order valence-electron chi connectivity index (χ2n) is 14.7. The minimum absolute atomic E-state index is 0.0376. The molecule has 6 aromatic rings. The van der Waals surface area contributed by atoms with Gasteiger partial charge in [0.1, 0.15) is 70.1 Å². The molecule has 3 aliphatic rings. The Balaban J connectivity index is 1.24. The number of nitriles is 4. The zero-order valence-electron chi connectivity index (χ0n) is 33.8. The average molecular weight is 931 g/mol. The number of ketones is 1. The Bertz CT molecular complexity index is 3390. The van der Waals surface area contributed by atoms with Crippen LogP contribution in [0.2, 0.25) is 0 Å². The number of benzene rings is 4. The van der Waals surface area contributed by atoms with E-state index < -0.39 is 63.4 Å². The third kappa shape index (κ3) is 7.52. The number of allylic oxidation sites excluding steroid dienone is 4. The molecule has 0 saturated heterocycles. The van der Waals surface area contributed by atoms with Crippen molar-refractivity contribution in [1.29, 1.82) is 21.0 Å². The summed E-state index contributed by atoms with van der Waals surface area (Å²) in [5.41, 5.74) is -4.11. The van der Waals surface area contributed by atoms with Crippen molar-refractivity contribution in [2.75, 3.05) is 0 Å². The number of hydrogen-bond donors (Lipinski definition) is 0. The van der Waals surface area contributed by atoms with Crippen LogP contribution in [0.3, 0.4) is 0 Å². The first-order valence-corrected chi connectivity index (χ1v) is 21.2. The fourth-order valence-corrected chi connectivity index (χ4v) is 9.94. The minimum Gasteiger partial charge on any atom is -0.458 e. The molecule has 0 N–H and O–H groups in total. The quantitative estimate of drug-likeness (QED) is 0.0612. The molecule has 324 valence electrons. The molecule has 2 aliphatic carbocycles. The third-order valence-corrected chi connectivity index (χ3v) is 13.0. The van der Waals surface area contributed by atoms with Crippen LogP contribution in [0.4, 0.5) is 27.6 Å². The zero-order valence-corrected chi connectivity index (χ0v) is 35.5.